The average molecular weight is 420 g/mol. The van der Waals surface area contributed by atoms with Crippen LogP contribution >= 0.6 is 0 Å². The lowest BCUT2D eigenvalue weighted by Crippen LogP contribution is -2.33. The molecule has 3 N–H and O–H groups in total. The summed E-state index contributed by atoms with van der Waals surface area (Å²) in [4.78, 5) is 11.6. The minimum Gasteiger partial charge on any atom is -0.374 e. The SMILES string of the molecule is CC(N)=O.CCCNC1CCN(C)c2ccc(CC)cc21.Cc1cc(F)cc(F)c1. The number of benzene rings is 2. The predicted molar refractivity (Wildman–Crippen MR) is 121 cm³/mol. The molecular formula is C24H35F2N3O. The summed E-state index contributed by atoms with van der Waals surface area (Å²) in [5, 5.41) is 3.67. The van der Waals surface area contributed by atoms with Crippen LogP contribution in [0.1, 0.15) is 56.3 Å². The van der Waals surface area contributed by atoms with Crippen molar-refractivity contribution in [2.75, 3.05) is 25.0 Å². The maximum Gasteiger partial charge on any atom is 0.214 e. The molecule has 0 radical (unpaired) electrons. The third kappa shape index (κ3) is 8.91. The Morgan fingerprint density at radius 3 is 2.27 bits per heavy atom. The van der Waals surface area contributed by atoms with Crippen LogP contribution < -0.4 is 16.0 Å². The Morgan fingerprint density at radius 2 is 1.77 bits per heavy atom. The highest BCUT2D eigenvalue weighted by atomic mass is 19.1. The van der Waals surface area contributed by atoms with Gasteiger partial charge in [0.15, 0.2) is 0 Å². The van der Waals surface area contributed by atoms with Gasteiger partial charge in [-0.25, -0.2) is 8.78 Å². The first-order valence-electron chi connectivity index (χ1n) is 10.4. The maximum absolute atomic E-state index is 12.2. The van der Waals surface area contributed by atoms with E-state index in [4.69, 9.17) is 0 Å². The molecule has 1 amide bonds. The number of anilines is 1. The van der Waals surface area contributed by atoms with Crippen molar-refractivity contribution in [2.24, 2.45) is 5.73 Å². The fourth-order valence-electron chi connectivity index (χ4n) is 3.27. The van der Waals surface area contributed by atoms with Gasteiger partial charge in [0.25, 0.3) is 0 Å². The highest BCUT2D eigenvalue weighted by Gasteiger charge is 2.22. The monoisotopic (exact) mass is 419 g/mol. The summed E-state index contributed by atoms with van der Waals surface area (Å²) in [6, 6.07) is 10.9. The van der Waals surface area contributed by atoms with Crippen molar-refractivity contribution in [1.29, 1.82) is 0 Å². The van der Waals surface area contributed by atoms with Crippen molar-refractivity contribution < 1.29 is 13.6 Å². The van der Waals surface area contributed by atoms with Gasteiger partial charge in [-0.2, -0.15) is 0 Å². The first kappa shape index (κ1) is 25.6. The quantitative estimate of drug-likeness (QED) is 0.741. The fraction of sp³-hybridized carbons (Fsp3) is 0.458. The van der Waals surface area contributed by atoms with Crippen molar-refractivity contribution in [1.82, 2.24) is 5.32 Å². The van der Waals surface area contributed by atoms with E-state index < -0.39 is 11.6 Å². The summed E-state index contributed by atoms with van der Waals surface area (Å²) < 4.78 is 24.4. The molecule has 0 aromatic heterocycles. The van der Waals surface area contributed by atoms with Crippen LogP contribution in [-0.4, -0.2) is 26.0 Å². The van der Waals surface area contributed by atoms with Gasteiger partial charge in [-0.1, -0.05) is 26.0 Å². The van der Waals surface area contributed by atoms with Gasteiger partial charge in [-0.15, -0.1) is 0 Å². The Balaban J connectivity index is 0.000000289. The number of amides is 1. The topological polar surface area (TPSA) is 58.4 Å². The second kappa shape index (κ2) is 13.0. The standard InChI is InChI=1S/C15H24N2.C7H6F2.C2H5NO/c1-4-9-16-14-8-10-17(3)15-7-6-12(5-2)11-13(14)15;1-5-2-6(8)4-7(9)3-5;1-2(3)4/h6-7,11,14,16H,4-5,8-10H2,1-3H3;2-4H,1H3;1H3,(H2,3,4). The van der Waals surface area contributed by atoms with Crippen molar-refractivity contribution in [3.05, 3.63) is 64.7 Å². The number of rotatable bonds is 4. The van der Waals surface area contributed by atoms with Crippen LogP contribution in [0.25, 0.3) is 0 Å². The molecule has 1 atom stereocenters. The van der Waals surface area contributed by atoms with Gasteiger partial charge in [0, 0.05) is 38.3 Å². The molecule has 1 unspecified atom stereocenters. The molecule has 1 heterocycles. The first-order chi connectivity index (χ1) is 14.2. The lowest BCUT2D eigenvalue weighted by molar-refractivity contribution is -0.115. The molecule has 1 aliphatic heterocycles. The second-order valence-corrected chi connectivity index (χ2v) is 7.52. The molecule has 0 saturated heterocycles. The number of nitrogens with one attached hydrogen (secondary N) is 1. The Morgan fingerprint density at radius 1 is 1.17 bits per heavy atom. The van der Waals surface area contributed by atoms with E-state index in [0.717, 1.165) is 25.6 Å². The smallest absolute Gasteiger partial charge is 0.214 e. The molecule has 2 aromatic rings. The zero-order valence-corrected chi connectivity index (χ0v) is 18.8. The molecule has 3 rings (SSSR count). The minimum absolute atomic E-state index is 0.333. The number of nitrogens with zero attached hydrogens (tertiary/aromatic N) is 1. The number of hydrogen-bond donors (Lipinski definition) is 2. The molecule has 1 aliphatic rings. The van der Waals surface area contributed by atoms with Crippen LogP contribution in [0.4, 0.5) is 14.5 Å². The van der Waals surface area contributed by atoms with Gasteiger partial charge >= 0.3 is 0 Å². The van der Waals surface area contributed by atoms with Crippen LogP contribution in [0, 0.1) is 18.6 Å². The predicted octanol–water partition coefficient (Wildman–Crippen LogP) is 4.89. The Kier molecular flexibility index (Phi) is 11.0. The normalized spacial score (nSPS) is 14.6. The van der Waals surface area contributed by atoms with Gasteiger partial charge in [0.05, 0.1) is 0 Å². The van der Waals surface area contributed by atoms with Gasteiger partial charge < -0.3 is 16.0 Å². The van der Waals surface area contributed by atoms with E-state index in [-0.39, 0.29) is 5.91 Å². The zero-order chi connectivity index (χ0) is 22.7. The lowest BCUT2D eigenvalue weighted by atomic mass is 9.94. The fourth-order valence-corrected chi connectivity index (χ4v) is 3.27. The summed E-state index contributed by atoms with van der Waals surface area (Å²) in [6.45, 7) is 9.67. The van der Waals surface area contributed by atoms with Crippen LogP contribution in [-0.2, 0) is 11.2 Å². The number of aryl methyl sites for hydroxylation is 2. The molecule has 4 nitrogen and oxygen atoms in total. The molecule has 0 aliphatic carbocycles. The van der Waals surface area contributed by atoms with E-state index in [9.17, 15) is 13.6 Å². The van der Waals surface area contributed by atoms with Crippen molar-refractivity contribution in [3.63, 3.8) is 0 Å². The summed E-state index contributed by atoms with van der Waals surface area (Å²) in [7, 11) is 2.19. The second-order valence-electron chi connectivity index (χ2n) is 7.52. The highest BCUT2D eigenvalue weighted by molar-refractivity contribution is 5.70. The molecule has 0 saturated carbocycles. The molecule has 2 aromatic carbocycles. The van der Waals surface area contributed by atoms with Gasteiger partial charge in [-0.3, -0.25) is 4.79 Å². The molecule has 166 valence electrons. The van der Waals surface area contributed by atoms with E-state index in [1.54, 1.807) is 6.92 Å². The molecule has 0 fully saturated rings. The number of fused-ring (bicyclic) bond motifs is 1. The van der Waals surface area contributed by atoms with E-state index >= 15 is 0 Å². The van der Waals surface area contributed by atoms with Crippen molar-refractivity contribution >= 4 is 11.6 Å². The molecule has 0 spiro atoms. The largest absolute Gasteiger partial charge is 0.374 e. The summed E-state index contributed by atoms with van der Waals surface area (Å²) in [5.74, 6) is -1.37. The molecule has 0 bridgehead atoms. The Labute approximate surface area is 179 Å². The summed E-state index contributed by atoms with van der Waals surface area (Å²) in [6.07, 6.45) is 3.54. The third-order valence-electron chi connectivity index (χ3n) is 4.69. The number of carbonyl (C=O) groups is 1. The Bertz CT molecular complexity index is 757. The van der Waals surface area contributed by atoms with Gasteiger partial charge in [0.2, 0.25) is 5.91 Å². The zero-order valence-electron chi connectivity index (χ0n) is 18.8. The lowest BCUT2D eigenvalue weighted by Gasteiger charge is -2.34. The van der Waals surface area contributed by atoms with Crippen LogP contribution in [0.5, 0.6) is 0 Å². The van der Waals surface area contributed by atoms with E-state index in [1.807, 2.05) is 0 Å². The Hall–Kier alpha value is -2.47. The number of carbonyl (C=O) groups excluding carboxylic acids is 1. The first-order valence-corrected chi connectivity index (χ1v) is 10.4. The van der Waals surface area contributed by atoms with Crippen LogP contribution in [0.3, 0.4) is 0 Å². The van der Waals surface area contributed by atoms with E-state index in [2.05, 4.69) is 55.0 Å². The minimum atomic E-state index is -0.521. The van der Waals surface area contributed by atoms with Crippen molar-refractivity contribution in [3.8, 4) is 0 Å². The number of halogens is 2. The third-order valence-corrected chi connectivity index (χ3v) is 4.69. The maximum atomic E-state index is 12.2. The average Bonchev–Trinajstić information content (AvgIpc) is 2.66. The van der Waals surface area contributed by atoms with Crippen LogP contribution in [0.2, 0.25) is 0 Å². The molecule has 6 heteroatoms. The molecular weight excluding hydrogens is 384 g/mol. The van der Waals surface area contributed by atoms with Gasteiger partial charge in [-0.05, 0) is 67.6 Å². The van der Waals surface area contributed by atoms with E-state index in [1.165, 1.54) is 48.7 Å². The summed E-state index contributed by atoms with van der Waals surface area (Å²) in [5.41, 5.74) is 9.42. The highest BCUT2D eigenvalue weighted by Crippen LogP contribution is 2.33. The van der Waals surface area contributed by atoms with Gasteiger partial charge in [0.1, 0.15) is 11.6 Å². The van der Waals surface area contributed by atoms with E-state index in [0.29, 0.717) is 11.6 Å². The summed E-state index contributed by atoms with van der Waals surface area (Å²) >= 11 is 0. The van der Waals surface area contributed by atoms with Crippen molar-refractivity contribution in [2.45, 2.75) is 53.0 Å². The van der Waals surface area contributed by atoms with Crippen LogP contribution in [0.15, 0.2) is 36.4 Å². The number of primary amides is 1. The number of nitrogens with two attached hydrogens (primary N) is 1. The number of hydrogen-bond acceptors (Lipinski definition) is 3. The molecule has 30 heavy (non-hydrogen) atoms.